The van der Waals surface area contributed by atoms with Crippen molar-refractivity contribution in [3.63, 3.8) is 0 Å². The maximum atomic E-state index is 9.24. The van der Waals surface area contributed by atoms with Gasteiger partial charge in [-0.05, 0) is 30.0 Å². The maximum absolute atomic E-state index is 9.24. The monoisotopic (exact) mass is 305 g/mol. The lowest BCUT2D eigenvalue weighted by Crippen LogP contribution is -1.98. The van der Waals surface area contributed by atoms with Crippen molar-refractivity contribution < 1.29 is 8.83 Å². The van der Waals surface area contributed by atoms with Gasteiger partial charge in [0.2, 0.25) is 17.5 Å². The predicted octanol–water partition coefficient (Wildman–Crippen LogP) is 4.02. The van der Waals surface area contributed by atoms with Crippen molar-refractivity contribution in [2.24, 2.45) is 0 Å². The third kappa shape index (κ3) is 2.71. The molecule has 5 heteroatoms. The van der Waals surface area contributed by atoms with Crippen LogP contribution in [0.1, 0.15) is 41.2 Å². The van der Waals surface area contributed by atoms with E-state index in [2.05, 4.69) is 28.5 Å². The summed E-state index contributed by atoms with van der Waals surface area (Å²) in [5.41, 5.74) is 1.59. The zero-order valence-electron chi connectivity index (χ0n) is 12.4. The van der Waals surface area contributed by atoms with Gasteiger partial charge in [-0.1, -0.05) is 30.3 Å². The molecule has 1 aliphatic rings. The average Bonchev–Trinajstić information content (AvgIpc) is 3.04. The van der Waals surface area contributed by atoms with E-state index in [1.807, 2.05) is 30.3 Å². The van der Waals surface area contributed by atoms with Crippen molar-refractivity contribution >= 4 is 5.88 Å². The van der Waals surface area contributed by atoms with Gasteiger partial charge in [0.1, 0.15) is 11.8 Å². The van der Waals surface area contributed by atoms with Crippen LogP contribution in [0.3, 0.4) is 0 Å². The number of nitrogens with one attached hydrogen (secondary N) is 1. The minimum absolute atomic E-state index is 0.253. The van der Waals surface area contributed by atoms with Crippen LogP contribution in [0.4, 0.5) is 5.88 Å². The van der Waals surface area contributed by atoms with Gasteiger partial charge >= 0.3 is 0 Å². The smallest absolute Gasteiger partial charge is 0.232 e. The van der Waals surface area contributed by atoms with Gasteiger partial charge in [-0.2, -0.15) is 5.26 Å². The highest BCUT2D eigenvalue weighted by molar-refractivity contribution is 5.46. The number of nitrogens with zero attached hydrogens (tertiary/aromatic N) is 2. The van der Waals surface area contributed by atoms with E-state index in [9.17, 15) is 5.26 Å². The Kier molecular flexibility index (Phi) is 3.35. The minimum atomic E-state index is 0.253. The second-order valence-corrected chi connectivity index (χ2v) is 5.63. The highest BCUT2D eigenvalue weighted by atomic mass is 16.4. The normalized spacial score (nSPS) is 19.3. The van der Waals surface area contributed by atoms with Crippen LogP contribution in [0.15, 0.2) is 57.6 Å². The van der Waals surface area contributed by atoms with E-state index in [1.54, 1.807) is 6.26 Å². The fraction of sp³-hybridized carbons (Fsp3) is 0.222. The quantitative estimate of drug-likeness (QED) is 0.770. The van der Waals surface area contributed by atoms with Crippen molar-refractivity contribution in [1.82, 2.24) is 4.98 Å². The van der Waals surface area contributed by atoms with Crippen molar-refractivity contribution in [3.05, 3.63) is 71.6 Å². The van der Waals surface area contributed by atoms with Crippen molar-refractivity contribution in [2.45, 2.75) is 24.8 Å². The Labute approximate surface area is 133 Å². The van der Waals surface area contributed by atoms with Crippen LogP contribution in [0.25, 0.3) is 0 Å². The molecule has 0 aliphatic heterocycles. The third-order valence-corrected chi connectivity index (χ3v) is 4.09. The van der Waals surface area contributed by atoms with Crippen LogP contribution >= 0.6 is 0 Å². The molecule has 23 heavy (non-hydrogen) atoms. The van der Waals surface area contributed by atoms with Crippen LogP contribution < -0.4 is 5.32 Å². The Balaban J connectivity index is 1.49. The molecule has 0 amide bonds. The second kappa shape index (κ2) is 5.65. The van der Waals surface area contributed by atoms with Gasteiger partial charge in [0.05, 0.1) is 12.8 Å². The van der Waals surface area contributed by atoms with Gasteiger partial charge in [-0.25, -0.2) is 4.98 Å². The molecular formula is C18H15N3O2. The summed E-state index contributed by atoms with van der Waals surface area (Å²) in [4.78, 5) is 4.35. The summed E-state index contributed by atoms with van der Waals surface area (Å²) in [6, 6.07) is 16.1. The summed E-state index contributed by atoms with van der Waals surface area (Å²) in [5, 5.41) is 12.3. The molecule has 114 valence electrons. The molecule has 1 N–H and O–H groups in total. The number of benzene rings is 1. The lowest BCUT2D eigenvalue weighted by Gasteiger charge is -1.99. The van der Waals surface area contributed by atoms with Crippen LogP contribution in [0, 0.1) is 11.3 Å². The molecule has 0 bridgehead atoms. The number of hydrogen-bond acceptors (Lipinski definition) is 5. The Morgan fingerprint density at radius 1 is 1.17 bits per heavy atom. The topological polar surface area (TPSA) is 75.0 Å². The van der Waals surface area contributed by atoms with E-state index < -0.39 is 0 Å². The van der Waals surface area contributed by atoms with E-state index in [-0.39, 0.29) is 5.92 Å². The number of hydrogen-bond donors (Lipinski definition) is 1. The summed E-state index contributed by atoms with van der Waals surface area (Å²) in [6.07, 6.45) is 2.62. The Morgan fingerprint density at radius 3 is 2.78 bits per heavy atom. The first kappa shape index (κ1) is 13.6. The van der Waals surface area contributed by atoms with Gasteiger partial charge in [0.25, 0.3) is 0 Å². The number of nitriles is 1. The molecule has 1 aliphatic carbocycles. The largest absolute Gasteiger partial charge is 0.467 e. The predicted molar refractivity (Wildman–Crippen MR) is 83.8 cm³/mol. The van der Waals surface area contributed by atoms with E-state index in [0.29, 0.717) is 29.9 Å². The maximum Gasteiger partial charge on any atom is 0.232 e. The van der Waals surface area contributed by atoms with Crippen LogP contribution in [-0.4, -0.2) is 4.98 Å². The summed E-state index contributed by atoms with van der Waals surface area (Å²) < 4.78 is 11.1. The molecule has 2 aromatic heterocycles. The van der Waals surface area contributed by atoms with E-state index in [1.165, 1.54) is 5.56 Å². The standard InChI is InChI=1S/C18H15N3O2/c19-10-16-18(20-11-13-7-4-8-22-13)23-17(21-16)15-9-14(15)12-5-2-1-3-6-12/h1-8,14-15,20H,9,11H2. The molecular weight excluding hydrogens is 290 g/mol. The van der Waals surface area contributed by atoms with Gasteiger partial charge < -0.3 is 14.2 Å². The lowest BCUT2D eigenvalue weighted by atomic mass is 10.1. The molecule has 0 radical (unpaired) electrons. The van der Waals surface area contributed by atoms with E-state index in [0.717, 1.165) is 12.2 Å². The number of aromatic nitrogens is 1. The first-order chi connectivity index (χ1) is 11.3. The fourth-order valence-electron chi connectivity index (χ4n) is 2.81. The minimum Gasteiger partial charge on any atom is -0.467 e. The summed E-state index contributed by atoms with van der Waals surface area (Å²) in [7, 11) is 0. The van der Waals surface area contributed by atoms with Crippen molar-refractivity contribution in [1.29, 1.82) is 5.26 Å². The molecule has 1 fully saturated rings. The average molecular weight is 305 g/mol. The van der Waals surface area contributed by atoms with Crippen molar-refractivity contribution in [2.75, 3.05) is 5.32 Å². The van der Waals surface area contributed by atoms with E-state index in [4.69, 9.17) is 8.83 Å². The van der Waals surface area contributed by atoms with Gasteiger partial charge in [0, 0.05) is 5.92 Å². The van der Waals surface area contributed by atoms with Gasteiger partial charge in [0.15, 0.2) is 0 Å². The summed E-state index contributed by atoms with van der Waals surface area (Å²) >= 11 is 0. The number of rotatable bonds is 5. The highest BCUT2D eigenvalue weighted by Gasteiger charge is 2.43. The second-order valence-electron chi connectivity index (χ2n) is 5.63. The molecule has 1 saturated carbocycles. The van der Waals surface area contributed by atoms with Crippen molar-refractivity contribution in [3.8, 4) is 6.07 Å². The van der Waals surface area contributed by atoms with Gasteiger partial charge in [-0.3, -0.25) is 0 Å². The lowest BCUT2D eigenvalue weighted by molar-refractivity contribution is 0.492. The third-order valence-electron chi connectivity index (χ3n) is 4.09. The molecule has 2 atom stereocenters. The zero-order valence-corrected chi connectivity index (χ0v) is 12.4. The Hall–Kier alpha value is -3.00. The molecule has 4 rings (SSSR count). The molecule has 2 heterocycles. The number of anilines is 1. The molecule has 0 spiro atoms. The molecule has 1 aromatic carbocycles. The first-order valence-electron chi connectivity index (χ1n) is 7.57. The Morgan fingerprint density at radius 2 is 2.04 bits per heavy atom. The molecule has 3 aromatic rings. The van der Waals surface area contributed by atoms with Gasteiger partial charge in [-0.15, -0.1) is 0 Å². The van der Waals surface area contributed by atoms with Crippen LogP contribution in [0.2, 0.25) is 0 Å². The summed E-state index contributed by atoms with van der Waals surface area (Å²) in [6.45, 7) is 0.461. The first-order valence-corrected chi connectivity index (χ1v) is 7.57. The molecule has 5 nitrogen and oxygen atoms in total. The van der Waals surface area contributed by atoms with Crippen LogP contribution in [-0.2, 0) is 6.54 Å². The fourth-order valence-corrected chi connectivity index (χ4v) is 2.81. The number of oxazole rings is 1. The van der Waals surface area contributed by atoms with Crippen LogP contribution in [0.5, 0.6) is 0 Å². The SMILES string of the molecule is N#Cc1nc(C2CC2c2ccccc2)oc1NCc1ccco1. The number of furan rings is 1. The highest BCUT2D eigenvalue weighted by Crippen LogP contribution is 2.54. The molecule has 2 unspecified atom stereocenters. The zero-order chi connectivity index (χ0) is 15.6. The van der Waals surface area contributed by atoms with E-state index >= 15 is 0 Å². The Bertz CT molecular complexity index is 831. The summed E-state index contributed by atoms with van der Waals surface area (Å²) in [5.74, 6) is 2.51. The molecule has 0 saturated heterocycles.